The van der Waals surface area contributed by atoms with Crippen molar-refractivity contribution < 1.29 is 14.3 Å². The van der Waals surface area contributed by atoms with Gasteiger partial charge in [-0.25, -0.2) is 9.67 Å². The molecule has 1 amide bonds. The minimum atomic E-state index is -0.0543. The number of aromatic nitrogens is 3. The number of nitrogens with zero attached hydrogens (tertiary/aromatic N) is 3. The van der Waals surface area contributed by atoms with Crippen molar-refractivity contribution in [2.75, 3.05) is 13.7 Å². The minimum Gasteiger partial charge on any atom is -0.493 e. The summed E-state index contributed by atoms with van der Waals surface area (Å²) in [6.45, 7) is 6.19. The van der Waals surface area contributed by atoms with Gasteiger partial charge in [-0.2, -0.15) is 5.10 Å². The number of methoxy groups -OCH3 is 1. The quantitative estimate of drug-likeness (QED) is 0.820. The van der Waals surface area contributed by atoms with E-state index in [2.05, 4.69) is 47.4 Å². The van der Waals surface area contributed by atoms with Crippen LogP contribution >= 0.6 is 0 Å². The maximum absolute atomic E-state index is 13.2. The Morgan fingerprint density at radius 1 is 1.43 bits per heavy atom. The molecular weight excluding hydrogens is 380 g/mol. The molecule has 3 atom stereocenters. The van der Waals surface area contributed by atoms with Gasteiger partial charge < -0.3 is 14.8 Å². The molecule has 0 bridgehead atoms. The van der Waals surface area contributed by atoms with Crippen molar-refractivity contribution in [3.8, 4) is 5.75 Å². The van der Waals surface area contributed by atoms with E-state index in [0.29, 0.717) is 31.5 Å². The predicted molar refractivity (Wildman–Crippen MR) is 111 cm³/mol. The third-order valence-corrected chi connectivity index (χ3v) is 6.93. The summed E-state index contributed by atoms with van der Waals surface area (Å²) < 4.78 is 13.0. The van der Waals surface area contributed by atoms with Gasteiger partial charge in [-0.3, -0.25) is 4.79 Å². The molecule has 3 aliphatic rings. The van der Waals surface area contributed by atoms with E-state index in [0.717, 1.165) is 37.3 Å². The molecule has 1 spiro atoms. The van der Waals surface area contributed by atoms with E-state index in [1.165, 1.54) is 11.1 Å². The highest BCUT2D eigenvalue weighted by Crippen LogP contribution is 2.61. The van der Waals surface area contributed by atoms with E-state index in [4.69, 9.17) is 9.47 Å². The van der Waals surface area contributed by atoms with Crippen molar-refractivity contribution >= 4 is 5.91 Å². The third-order valence-electron chi connectivity index (χ3n) is 6.93. The number of rotatable bonds is 5. The highest BCUT2D eigenvalue weighted by molar-refractivity contribution is 5.85. The Morgan fingerprint density at radius 3 is 3.10 bits per heavy atom. The molecule has 1 aromatic heterocycles. The normalized spacial score (nSPS) is 26.8. The summed E-state index contributed by atoms with van der Waals surface area (Å²) in [5.74, 6) is 3.31. The number of amides is 1. The van der Waals surface area contributed by atoms with Crippen molar-refractivity contribution in [2.24, 2.45) is 5.92 Å². The molecule has 1 saturated carbocycles. The Kier molecular flexibility index (Phi) is 4.81. The number of aryl methyl sites for hydroxylation is 1. The second-order valence-electron chi connectivity index (χ2n) is 9.23. The Hall–Kier alpha value is -2.41. The van der Waals surface area contributed by atoms with Crippen LogP contribution in [0.5, 0.6) is 5.75 Å². The summed E-state index contributed by atoms with van der Waals surface area (Å²) in [6.07, 6.45) is 3.55. The fourth-order valence-corrected chi connectivity index (χ4v) is 5.09. The lowest BCUT2D eigenvalue weighted by Gasteiger charge is -2.29. The maximum Gasteiger partial charge on any atom is 0.224 e. The molecule has 1 fully saturated rings. The second kappa shape index (κ2) is 7.38. The van der Waals surface area contributed by atoms with E-state index in [1.54, 1.807) is 7.11 Å². The van der Waals surface area contributed by atoms with Crippen LogP contribution in [0.4, 0.5) is 0 Å². The number of ether oxygens (including phenoxy) is 2. The number of benzene rings is 1. The van der Waals surface area contributed by atoms with Crippen molar-refractivity contribution in [1.29, 1.82) is 0 Å². The van der Waals surface area contributed by atoms with Crippen LogP contribution in [0.25, 0.3) is 0 Å². The zero-order valence-corrected chi connectivity index (χ0v) is 18.0. The van der Waals surface area contributed by atoms with Crippen LogP contribution < -0.4 is 10.1 Å². The molecule has 1 aliphatic carbocycles. The SMILES string of the molecule is COCc1nc2n(n1)CC(NC(=O)[C@@H]1C[C@]13CCOc1ccc(C(C)C)cc13)CC2. The van der Waals surface area contributed by atoms with Crippen molar-refractivity contribution in [1.82, 2.24) is 20.1 Å². The van der Waals surface area contributed by atoms with Gasteiger partial charge in [-0.05, 0) is 36.8 Å². The van der Waals surface area contributed by atoms with Crippen LogP contribution in [0.15, 0.2) is 18.2 Å². The number of carbonyl (C=O) groups is 1. The molecule has 1 unspecified atom stereocenters. The summed E-state index contributed by atoms with van der Waals surface area (Å²) in [6, 6.07) is 6.60. The maximum atomic E-state index is 13.2. The smallest absolute Gasteiger partial charge is 0.224 e. The Morgan fingerprint density at radius 2 is 2.30 bits per heavy atom. The van der Waals surface area contributed by atoms with Crippen LogP contribution in [0.2, 0.25) is 0 Å². The molecule has 7 heteroatoms. The molecule has 3 heterocycles. The second-order valence-corrected chi connectivity index (χ2v) is 9.23. The fourth-order valence-electron chi connectivity index (χ4n) is 5.09. The van der Waals surface area contributed by atoms with Gasteiger partial charge in [0, 0.05) is 36.5 Å². The number of hydrogen-bond acceptors (Lipinski definition) is 5. The van der Waals surface area contributed by atoms with Crippen LogP contribution in [0.3, 0.4) is 0 Å². The highest BCUT2D eigenvalue weighted by Gasteiger charge is 2.61. The molecule has 5 rings (SSSR count). The Balaban J connectivity index is 1.29. The van der Waals surface area contributed by atoms with Gasteiger partial charge in [0.25, 0.3) is 0 Å². The summed E-state index contributed by atoms with van der Waals surface area (Å²) in [5.41, 5.74) is 2.48. The molecule has 2 aliphatic heterocycles. The summed E-state index contributed by atoms with van der Waals surface area (Å²) >= 11 is 0. The fraction of sp³-hybridized carbons (Fsp3) is 0.609. The van der Waals surface area contributed by atoms with E-state index in [9.17, 15) is 4.79 Å². The molecule has 2 aromatic rings. The van der Waals surface area contributed by atoms with Crippen LogP contribution in [-0.2, 0) is 34.5 Å². The molecule has 30 heavy (non-hydrogen) atoms. The lowest BCUT2D eigenvalue weighted by atomic mass is 9.85. The molecule has 160 valence electrons. The molecule has 1 N–H and O–H groups in total. The first-order valence-electron chi connectivity index (χ1n) is 11.0. The molecule has 7 nitrogen and oxygen atoms in total. The largest absolute Gasteiger partial charge is 0.493 e. The lowest BCUT2D eigenvalue weighted by molar-refractivity contribution is -0.123. The van der Waals surface area contributed by atoms with Crippen LogP contribution in [0.1, 0.15) is 61.8 Å². The monoisotopic (exact) mass is 410 g/mol. The van der Waals surface area contributed by atoms with Gasteiger partial charge in [-0.15, -0.1) is 0 Å². The van der Waals surface area contributed by atoms with E-state index in [1.807, 2.05) is 4.68 Å². The van der Waals surface area contributed by atoms with Gasteiger partial charge in [0.1, 0.15) is 18.2 Å². The van der Waals surface area contributed by atoms with Crippen molar-refractivity contribution in [2.45, 2.75) is 70.1 Å². The van der Waals surface area contributed by atoms with E-state index < -0.39 is 0 Å². The topological polar surface area (TPSA) is 78.3 Å². The zero-order chi connectivity index (χ0) is 20.9. The molecular formula is C23H30N4O3. The summed E-state index contributed by atoms with van der Waals surface area (Å²) in [4.78, 5) is 17.7. The molecule has 0 radical (unpaired) electrons. The van der Waals surface area contributed by atoms with Crippen molar-refractivity contribution in [3.05, 3.63) is 41.0 Å². The average Bonchev–Trinajstić information content (AvgIpc) is 3.30. The molecule has 1 aromatic carbocycles. The first-order chi connectivity index (χ1) is 14.5. The van der Waals surface area contributed by atoms with Crippen LogP contribution in [-0.4, -0.2) is 40.4 Å². The van der Waals surface area contributed by atoms with Crippen LogP contribution in [0, 0.1) is 5.92 Å². The third kappa shape index (κ3) is 3.29. The average molecular weight is 411 g/mol. The Bertz CT molecular complexity index is 969. The number of nitrogens with one attached hydrogen (secondary N) is 1. The number of carbonyl (C=O) groups excluding carboxylic acids is 1. The van der Waals surface area contributed by atoms with E-state index in [-0.39, 0.29) is 23.3 Å². The summed E-state index contributed by atoms with van der Waals surface area (Å²) in [7, 11) is 1.65. The number of fused-ring (bicyclic) bond motifs is 3. The lowest BCUT2D eigenvalue weighted by Crippen LogP contribution is -2.43. The van der Waals surface area contributed by atoms with Gasteiger partial charge >= 0.3 is 0 Å². The van der Waals surface area contributed by atoms with Gasteiger partial charge in [0.05, 0.1) is 13.2 Å². The van der Waals surface area contributed by atoms with Gasteiger partial charge in [0.15, 0.2) is 5.82 Å². The first-order valence-corrected chi connectivity index (χ1v) is 11.0. The standard InChI is InChI=1S/C23H30N4O3/c1-14(2)15-4-6-19-17(10-15)23(8-9-30-19)11-18(23)22(28)24-16-5-7-21-25-20(13-29-3)26-27(21)12-16/h4,6,10,14,16,18H,5,7-9,11-13H2,1-3H3,(H,24,28)/t16?,18-,23-/m0/s1. The number of hydrogen-bond donors (Lipinski definition) is 1. The summed E-state index contributed by atoms with van der Waals surface area (Å²) in [5, 5.41) is 7.81. The molecule has 0 saturated heterocycles. The van der Waals surface area contributed by atoms with Gasteiger partial charge in [-0.1, -0.05) is 26.0 Å². The zero-order valence-electron chi connectivity index (χ0n) is 18.0. The first kappa shape index (κ1) is 19.5. The van der Waals surface area contributed by atoms with Gasteiger partial charge in [0.2, 0.25) is 5.91 Å². The van der Waals surface area contributed by atoms with Crippen molar-refractivity contribution in [3.63, 3.8) is 0 Å². The van der Waals surface area contributed by atoms with E-state index >= 15 is 0 Å². The highest BCUT2D eigenvalue weighted by atomic mass is 16.5. The minimum absolute atomic E-state index is 0.0313. The predicted octanol–water partition coefficient (Wildman–Crippen LogP) is 2.72. The Labute approximate surface area is 177 Å².